The van der Waals surface area contributed by atoms with Gasteiger partial charge < -0.3 is 19.7 Å². The van der Waals surface area contributed by atoms with E-state index in [4.69, 9.17) is 21.7 Å². The highest BCUT2D eigenvalue weighted by atomic mass is 32.1. The van der Waals surface area contributed by atoms with Gasteiger partial charge in [0.25, 0.3) is 0 Å². The summed E-state index contributed by atoms with van der Waals surface area (Å²) in [7, 11) is 3.41. The number of methoxy groups -OCH3 is 2. The molecule has 96 valence electrons. The summed E-state index contributed by atoms with van der Waals surface area (Å²) in [4.78, 5) is 2.13. The Labute approximate surface area is 104 Å². The highest BCUT2D eigenvalue weighted by Gasteiger charge is 2.14. The lowest BCUT2D eigenvalue weighted by atomic mass is 10.3. The van der Waals surface area contributed by atoms with Crippen molar-refractivity contribution in [3.05, 3.63) is 0 Å². The maximum absolute atomic E-state index is 5.33. The van der Waals surface area contributed by atoms with Gasteiger partial charge in [-0.05, 0) is 32.5 Å². The molecule has 0 radical (unpaired) electrons. The first-order valence-electron chi connectivity index (χ1n) is 5.69. The average Bonchev–Trinajstić information content (AvgIpc) is 2.26. The zero-order chi connectivity index (χ0) is 12.4. The van der Waals surface area contributed by atoms with Crippen molar-refractivity contribution in [3.63, 3.8) is 0 Å². The summed E-state index contributed by atoms with van der Waals surface area (Å²) in [6.45, 7) is 7.39. The van der Waals surface area contributed by atoms with Crippen LogP contribution in [0.5, 0.6) is 0 Å². The fourth-order valence-electron chi connectivity index (χ4n) is 1.50. The molecule has 0 aromatic heterocycles. The van der Waals surface area contributed by atoms with Crippen molar-refractivity contribution in [2.45, 2.75) is 26.3 Å². The summed E-state index contributed by atoms with van der Waals surface area (Å²) >= 11 is 5.33. The molecular weight excluding hydrogens is 224 g/mol. The standard InChI is InChI=1S/C11H24N2O2S/c1-5-13(10(2)9-15-4)11(16)12-7-6-8-14-3/h10H,5-9H2,1-4H3,(H,12,16). The van der Waals surface area contributed by atoms with Crippen molar-refractivity contribution in [3.8, 4) is 0 Å². The molecule has 4 nitrogen and oxygen atoms in total. The molecule has 1 N–H and O–H groups in total. The number of thiocarbonyl (C=S) groups is 1. The molecule has 0 spiro atoms. The van der Waals surface area contributed by atoms with Crippen LogP contribution in [0.1, 0.15) is 20.3 Å². The summed E-state index contributed by atoms with van der Waals surface area (Å²) in [5, 5.41) is 4.02. The summed E-state index contributed by atoms with van der Waals surface area (Å²) < 4.78 is 10.1. The molecule has 0 aliphatic carbocycles. The minimum atomic E-state index is 0.303. The van der Waals surface area contributed by atoms with Gasteiger partial charge >= 0.3 is 0 Å². The van der Waals surface area contributed by atoms with E-state index in [-0.39, 0.29) is 0 Å². The van der Waals surface area contributed by atoms with Crippen molar-refractivity contribution >= 4 is 17.3 Å². The molecule has 0 fully saturated rings. The Hall–Kier alpha value is -0.390. The third-order valence-corrected chi connectivity index (χ3v) is 2.72. The van der Waals surface area contributed by atoms with Crippen LogP contribution in [-0.4, -0.2) is 56.6 Å². The molecule has 0 aromatic carbocycles. The van der Waals surface area contributed by atoms with Gasteiger partial charge in [0.15, 0.2) is 5.11 Å². The second kappa shape index (κ2) is 9.81. The maximum Gasteiger partial charge on any atom is 0.169 e. The Kier molecular flexibility index (Phi) is 9.57. The molecule has 1 atom stereocenters. The zero-order valence-corrected chi connectivity index (χ0v) is 11.6. The first-order chi connectivity index (χ1) is 7.67. The van der Waals surface area contributed by atoms with Crippen molar-refractivity contribution < 1.29 is 9.47 Å². The molecule has 5 heteroatoms. The van der Waals surface area contributed by atoms with Crippen molar-refractivity contribution in [2.75, 3.05) is 40.5 Å². The SMILES string of the molecule is CCN(C(=S)NCCCOC)C(C)COC. The molecule has 0 saturated carbocycles. The maximum atomic E-state index is 5.33. The topological polar surface area (TPSA) is 33.7 Å². The Morgan fingerprint density at radius 2 is 2.06 bits per heavy atom. The second-order valence-corrected chi connectivity index (χ2v) is 4.06. The highest BCUT2D eigenvalue weighted by Crippen LogP contribution is 2.00. The highest BCUT2D eigenvalue weighted by molar-refractivity contribution is 7.80. The quantitative estimate of drug-likeness (QED) is 0.516. The largest absolute Gasteiger partial charge is 0.385 e. The first kappa shape index (κ1) is 15.6. The third kappa shape index (κ3) is 6.25. The van der Waals surface area contributed by atoms with E-state index in [1.54, 1.807) is 14.2 Å². The van der Waals surface area contributed by atoms with Gasteiger partial charge in [-0.25, -0.2) is 0 Å². The van der Waals surface area contributed by atoms with Gasteiger partial charge in [0.2, 0.25) is 0 Å². The van der Waals surface area contributed by atoms with Crippen LogP contribution in [0.3, 0.4) is 0 Å². The number of likely N-dealkylation sites (N-methyl/N-ethyl adjacent to an activating group) is 1. The minimum Gasteiger partial charge on any atom is -0.385 e. The lowest BCUT2D eigenvalue weighted by molar-refractivity contribution is 0.137. The van der Waals surface area contributed by atoms with Crippen LogP contribution in [0.2, 0.25) is 0 Å². The Morgan fingerprint density at radius 3 is 2.56 bits per heavy atom. The van der Waals surface area contributed by atoms with E-state index in [0.717, 1.165) is 31.2 Å². The van der Waals surface area contributed by atoms with E-state index >= 15 is 0 Å². The molecule has 0 amide bonds. The van der Waals surface area contributed by atoms with Crippen LogP contribution in [-0.2, 0) is 9.47 Å². The third-order valence-electron chi connectivity index (χ3n) is 2.34. The number of nitrogens with zero attached hydrogens (tertiary/aromatic N) is 1. The van der Waals surface area contributed by atoms with Crippen molar-refractivity contribution in [1.29, 1.82) is 0 Å². The van der Waals surface area contributed by atoms with E-state index in [9.17, 15) is 0 Å². The fraction of sp³-hybridized carbons (Fsp3) is 0.909. The number of hydrogen-bond acceptors (Lipinski definition) is 3. The Balaban J connectivity index is 3.90. The number of ether oxygens (including phenoxy) is 2. The average molecular weight is 248 g/mol. The van der Waals surface area contributed by atoms with E-state index in [1.807, 2.05) is 0 Å². The first-order valence-corrected chi connectivity index (χ1v) is 6.10. The lowest BCUT2D eigenvalue weighted by Crippen LogP contribution is -2.46. The van der Waals surface area contributed by atoms with Crippen LogP contribution in [0.4, 0.5) is 0 Å². The zero-order valence-electron chi connectivity index (χ0n) is 10.8. The van der Waals surface area contributed by atoms with E-state index < -0.39 is 0 Å². The van der Waals surface area contributed by atoms with Crippen LogP contribution in [0, 0.1) is 0 Å². The Bertz CT molecular complexity index is 191. The van der Waals surface area contributed by atoms with Crippen molar-refractivity contribution in [2.24, 2.45) is 0 Å². The predicted octanol–water partition coefficient (Wildman–Crippen LogP) is 1.25. The molecule has 0 saturated heterocycles. The van der Waals surface area contributed by atoms with Gasteiger partial charge in [0, 0.05) is 33.9 Å². The van der Waals surface area contributed by atoms with E-state index in [2.05, 4.69) is 24.1 Å². The summed E-state index contributed by atoms with van der Waals surface area (Å²) in [5.74, 6) is 0. The molecule has 0 bridgehead atoms. The van der Waals surface area contributed by atoms with E-state index in [0.29, 0.717) is 12.6 Å². The number of nitrogens with one attached hydrogen (secondary N) is 1. The molecular formula is C11H24N2O2S. The van der Waals surface area contributed by atoms with Gasteiger partial charge in [-0.2, -0.15) is 0 Å². The van der Waals surface area contributed by atoms with Gasteiger partial charge in [0.1, 0.15) is 0 Å². The molecule has 0 heterocycles. The van der Waals surface area contributed by atoms with E-state index in [1.165, 1.54) is 0 Å². The van der Waals surface area contributed by atoms with Gasteiger partial charge in [0.05, 0.1) is 12.6 Å². The summed E-state index contributed by atoms with van der Waals surface area (Å²) in [6, 6.07) is 0.303. The van der Waals surface area contributed by atoms with Crippen LogP contribution >= 0.6 is 12.2 Å². The number of hydrogen-bond donors (Lipinski definition) is 1. The van der Waals surface area contributed by atoms with Crippen LogP contribution in [0.15, 0.2) is 0 Å². The predicted molar refractivity (Wildman–Crippen MR) is 70.8 cm³/mol. The fourth-order valence-corrected chi connectivity index (χ4v) is 1.91. The lowest BCUT2D eigenvalue weighted by Gasteiger charge is -2.30. The second-order valence-electron chi connectivity index (χ2n) is 3.67. The molecule has 0 aliphatic heterocycles. The summed E-state index contributed by atoms with van der Waals surface area (Å²) in [5.41, 5.74) is 0. The minimum absolute atomic E-state index is 0.303. The monoisotopic (exact) mass is 248 g/mol. The number of rotatable bonds is 8. The van der Waals surface area contributed by atoms with Crippen molar-refractivity contribution in [1.82, 2.24) is 10.2 Å². The summed E-state index contributed by atoms with van der Waals surface area (Å²) in [6.07, 6.45) is 0.965. The van der Waals surface area contributed by atoms with Gasteiger partial charge in [-0.15, -0.1) is 0 Å². The molecule has 1 unspecified atom stereocenters. The van der Waals surface area contributed by atoms with Gasteiger partial charge in [-0.1, -0.05) is 0 Å². The Morgan fingerprint density at radius 1 is 1.38 bits per heavy atom. The van der Waals surface area contributed by atoms with Crippen LogP contribution < -0.4 is 5.32 Å². The molecule has 0 aliphatic rings. The molecule has 0 rings (SSSR count). The van der Waals surface area contributed by atoms with Crippen LogP contribution in [0.25, 0.3) is 0 Å². The molecule has 0 aromatic rings. The van der Waals surface area contributed by atoms with Gasteiger partial charge in [-0.3, -0.25) is 0 Å². The smallest absolute Gasteiger partial charge is 0.169 e. The molecule has 16 heavy (non-hydrogen) atoms. The normalized spacial score (nSPS) is 12.2.